The fourth-order valence-corrected chi connectivity index (χ4v) is 1.31. The van der Waals surface area contributed by atoms with Crippen molar-refractivity contribution in [3.8, 4) is 0 Å². The summed E-state index contributed by atoms with van der Waals surface area (Å²) in [5.41, 5.74) is 6.60. The van der Waals surface area contributed by atoms with E-state index in [1.165, 1.54) is 7.11 Å². The minimum absolute atomic E-state index is 0.0848. The molecule has 88 valence electrons. The van der Waals surface area contributed by atoms with Gasteiger partial charge in [0.15, 0.2) is 0 Å². The highest BCUT2D eigenvalue weighted by Gasteiger charge is 2.15. The standard InChI is InChI=1S/C11H17N3O2/c1-8(9-3-5-13-6-4-9)14-11(15)10(12)7-16-2/h3-6,8,10H,7,12H2,1-2H3,(H,14,15). The lowest BCUT2D eigenvalue weighted by atomic mass is 10.1. The molecule has 0 aromatic carbocycles. The minimum Gasteiger partial charge on any atom is -0.383 e. The molecule has 0 radical (unpaired) electrons. The molecule has 0 saturated carbocycles. The maximum Gasteiger partial charge on any atom is 0.239 e. The minimum atomic E-state index is -0.630. The van der Waals surface area contributed by atoms with Gasteiger partial charge in [-0.25, -0.2) is 0 Å². The van der Waals surface area contributed by atoms with Gasteiger partial charge in [0, 0.05) is 19.5 Å². The van der Waals surface area contributed by atoms with Gasteiger partial charge >= 0.3 is 0 Å². The zero-order chi connectivity index (χ0) is 12.0. The van der Waals surface area contributed by atoms with E-state index in [4.69, 9.17) is 10.5 Å². The predicted octanol–water partition coefficient (Wildman–Crippen LogP) is 0.233. The Labute approximate surface area is 95.0 Å². The van der Waals surface area contributed by atoms with E-state index in [1.807, 2.05) is 19.1 Å². The van der Waals surface area contributed by atoms with Crippen LogP contribution in [-0.2, 0) is 9.53 Å². The number of nitrogens with zero attached hydrogens (tertiary/aromatic N) is 1. The van der Waals surface area contributed by atoms with Crippen LogP contribution in [0.3, 0.4) is 0 Å². The van der Waals surface area contributed by atoms with Crippen LogP contribution in [0.1, 0.15) is 18.5 Å². The Morgan fingerprint density at radius 3 is 2.75 bits per heavy atom. The van der Waals surface area contributed by atoms with E-state index in [-0.39, 0.29) is 18.6 Å². The Morgan fingerprint density at radius 2 is 2.19 bits per heavy atom. The number of nitrogens with two attached hydrogens (primary N) is 1. The first-order chi connectivity index (χ1) is 7.65. The van der Waals surface area contributed by atoms with Gasteiger partial charge < -0.3 is 15.8 Å². The molecule has 1 aromatic heterocycles. The second-order valence-electron chi connectivity index (χ2n) is 3.57. The quantitative estimate of drug-likeness (QED) is 0.749. The van der Waals surface area contributed by atoms with Crippen molar-refractivity contribution in [3.05, 3.63) is 30.1 Å². The Hall–Kier alpha value is -1.46. The van der Waals surface area contributed by atoms with Gasteiger partial charge in [-0.15, -0.1) is 0 Å². The maximum atomic E-state index is 11.6. The largest absolute Gasteiger partial charge is 0.383 e. The third-order valence-corrected chi connectivity index (χ3v) is 2.25. The third-order valence-electron chi connectivity index (χ3n) is 2.25. The van der Waals surface area contributed by atoms with E-state index in [9.17, 15) is 4.79 Å². The molecule has 0 spiro atoms. The monoisotopic (exact) mass is 223 g/mol. The molecule has 1 amide bonds. The molecule has 3 N–H and O–H groups in total. The summed E-state index contributed by atoms with van der Waals surface area (Å²) in [6.07, 6.45) is 3.38. The molecule has 16 heavy (non-hydrogen) atoms. The normalized spacial score (nSPS) is 14.2. The lowest BCUT2D eigenvalue weighted by Gasteiger charge is -2.17. The summed E-state index contributed by atoms with van der Waals surface area (Å²) in [5.74, 6) is -0.217. The number of hydrogen-bond donors (Lipinski definition) is 2. The van der Waals surface area contributed by atoms with Gasteiger partial charge in [-0.05, 0) is 24.6 Å². The smallest absolute Gasteiger partial charge is 0.239 e. The average molecular weight is 223 g/mol. The number of carbonyl (C=O) groups is 1. The van der Waals surface area contributed by atoms with Gasteiger partial charge in [0.1, 0.15) is 6.04 Å². The van der Waals surface area contributed by atoms with Gasteiger partial charge in [0.05, 0.1) is 12.6 Å². The molecule has 0 aliphatic rings. The molecule has 0 saturated heterocycles. The highest BCUT2D eigenvalue weighted by atomic mass is 16.5. The number of pyridine rings is 1. The zero-order valence-electron chi connectivity index (χ0n) is 9.51. The van der Waals surface area contributed by atoms with E-state index < -0.39 is 6.04 Å². The van der Waals surface area contributed by atoms with Gasteiger partial charge in [-0.3, -0.25) is 9.78 Å². The van der Waals surface area contributed by atoms with E-state index in [1.54, 1.807) is 12.4 Å². The number of carbonyl (C=O) groups excluding carboxylic acids is 1. The first kappa shape index (κ1) is 12.6. The molecule has 1 rings (SSSR count). The molecule has 0 aliphatic heterocycles. The summed E-state index contributed by atoms with van der Waals surface area (Å²) < 4.78 is 4.82. The summed E-state index contributed by atoms with van der Waals surface area (Å²) in [5, 5.41) is 2.81. The molecule has 5 nitrogen and oxygen atoms in total. The summed E-state index contributed by atoms with van der Waals surface area (Å²) >= 11 is 0. The summed E-state index contributed by atoms with van der Waals surface area (Å²) in [7, 11) is 1.51. The highest BCUT2D eigenvalue weighted by Crippen LogP contribution is 2.09. The Morgan fingerprint density at radius 1 is 1.56 bits per heavy atom. The van der Waals surface area contributed by atoms with Crippen LogP contribution in [-0.4, -0.2) is 30.6 Å². The molecule has 1 heterocycles. The van der Waals surface area contributed by atoms with Crippen LogP contribution in [0.2, 0.25) is 0 Å². The molecule has 5 heteroatoms. The van der Waals surface area contributed by atoms with Crippen molar-refractivity contribution in [1.29, 1.82) is 0 Å². The molecule has 2 unspecified atom stereocenters. The van der Waals surface area contributed by atoms with Crippen molar-refractivity contribution < 1.29 is 9.53 Å². The summed E-state index contributed by atoms with van der Waals surface area (Å²) in [6, 6.07) is 2.99. The fraction of sp³-hybridized carbons (Fsp3) is 0.455. The molecule has 0 fully saturated rings. The summed E-state index contributed by atoms with van der Waals surface area (Å²) in [6.45, 7) is 2.11. The zero-order valence-corrected chi connectivity index (χ0v) is 9.51. The van der Waals surface area contributed by atoms with Gasteiger partial charge in [0.2, 0.25) is 5.91 Å². The van der Waals surface area contributed by atoms with E-state index in [2.05, 4.69) is 10.3 Å². The Bertz CT molecular complexity index is 329. The number of methoxy groups -OCH3 is 1. The van der Waals surface area contributed by atoms with Gasteiger partial charge in [0.25, 0.3) is 0 Å². The molecular weight excluding hydrogens is 206 g/mol. The number of amides is 1. The van der Waals surface area contributed by atoms with Crippen molar-refractivity contribution >= 4 is 5.91 Å². The molecule has 0 bridgehead atoms. The number of rotatable bonds is 5. The lowest BCUT2D eigenvalue weighted by molar-refractivity contribution is -0.124. The molecule has 1 aromatic rings. The van der Waals surface area contributed by atoms with Crippen LogP contribution < -0.4 is 11.1 Å². The van der Waals surface area contributed by atoms with Crippen molar-refractivity contribution in [3.63, 3.8) is 0 Å². The highest BCUT2D eigenvalue weighted by molar-refractivity contribution is 5.82. The van der Waals surface area contributed by atoms with E-state index in [0.717, 1.165) is 5.56 Å². The van der Waals surface area contributed by atoms with Crippen molar-refractivity contribution in [2.75, 3.05) is 13.7 Å². The number of nitrogens with one attached hydrogen (secondary N) is 1. The van der Waals surface area contributed by atoms with Crippen molar-refractivity contribution in [2.45, 2.75) is 19.0 Å². The fourth-order valence-electron chi connectivity index (χ4n) is 1.31. The first-order valence-corrected chi connectivity index (χ1v) is 5.10. The number of ether oxygens (including phenoxy) is 1. The number of hydrogen-bond acceptors (Lipinski definition) is 4. The topological polar surface area (TPSA) is 77.2 Å². The van der Waals surface area contributed by atoms with Crippen LogP contribution in [0.15, 0.2) is 24.5 Å². The van der Waals surface area contributed by atoms with E-state index >= 15 is 0 Å². The second-order valence-corrected chi connectivity index (χ2v) is 3.57. The van der Waals surface area contributed by atoms with Crippen LogP contribution in [0, 0.1) is 0 Å². The van der Waals surface area contributed by atoms with E-state index in [0.29, 0.717) is 0 Å². The van der Waals surface area contributed by atoms with Crippen molar-refractivity contribution in [1.82, 2.24) is 10.3 Å². The summed E-state index contributed by atoms with van der Waals surface area (Å²) in [4.78, 5) is 15.5. The maximum absolute atomic E-state index is 11.6. The lowest BCUT2D eigenvalue weighted by Crippen LogP contribution is -2.44. The van der Waals surface area contributed by atoms with Crippen molar-refractivity contribution in [2.24, 2.45) is 5.73 Å². The van der Waals surface area contributed by atoms with Crippen LogP contribution in [0.25, 0.3) is 0 Å². The molecule has 2 atom stereocenters. The van der Waals surface area contributed by atoms with Crippen LogP contribution in [0.5, 0.6) is 0 Å². The molecule has 0 aliphatic carbocycles. The SMILES string of the molecule is COCC(N)C(=O)NC(C)c1ccncc1. The van der Waals surface area contributed by atoms with Crippen LogP contribution in [0.4, 0.5) is 0 Å². The second kappa shape index (κ2) is 6.19. The average Bonchev–Trinajstić information content (AvgIpc) is 2.30. The Balaban J connectivity index is 2.51. The Kier molecular flexibility index (Phi) is 4.88. The van der Waals surface area contributed by atoms with Crippen LogP contribution >= 0.6 is 0 Å². The third kappa shape index (κ3) is 3.60. The first-order valence-electron chi connectivity index (χ1n) is 5.10. The van der Waals surface area contributed by atoms with Gasteiger partial charge in [-0.2, -0.15) is 0 Å². The van der Waals surface area contributed by atoms with Gasteiger partial charge in [-0.1, -0.05) is 0 Å². The number of aromatic nitrogens is 1. The molecular formula is C11H17N3O2. The predicted molar refractivity (Wildman–Crippen MR) is 60.6 cm³/mol.